The molecule has 0 aliphatic carbocycles. The topological polar surface area (TPSA) is 0 Å². The summed E-state index contributed by atoms with van der Waals surface area (Å²) < 4.78 is 0. The van der Waals surface area contributed by atoms with Crippen molar-refractivity contribution in [2.24, 2.45) is 5.92 Å². The van der Waals surface area contributed by atoms with Crippen LogP contribution in [0.3, 0.4) is 0 Å². The lowest BCUT2D eigenvalue weighted by atomic mass is 10.2. The molecule has 1 unspecified atom stereocenters. The molecular weight excluding hydrogens is 272 g/mol. The van der Waals surface area contributed by atoms with E-state index in [1.54, 1.807) is 10.4 Å². The smallest absolute Gasteiger partial charge is 0.0870 e. The van der Waals surface area contributed by atoms with Crippen LogP contribution in [-0.4, -0.2) is 22.4 Å². The Balaban J connectivity index is 3.11. The number of rotatable bonds is 5. The number of hydrogen-bond acceptors (Lipinski definition) is 0. The van der Waals surface area contributed by atoms with Crippen LogP contribution in [0.4, 0.5) is 0 Å². The normalized spacial score (nSPS) is 14.0. The molecule has 0 saturated heterocycles. The standard InChI is InChI=1S/C15H27ClSi2/c1-12(2)10-17(11-16)14-7-13(3)8-15(9-14)18(4,5)6/h7-9,12,17H,10-11H2,1-6H3. The van der Waals surface area contributed by atoms with Gasteiger partial charge in [0, 0.05) is 5.50 Å². The predicted octanol–water partition coefficient (Wildman–Crippen LogP) is 3.41. The molecule has 0 nitrogen and oxygen atoms in total. The molecule has 0 aromatic heterocycles. The van der Waals surface area contributed by atoms with E-state index in [1.165, 1.54) is 11.6 Å². The molecule has 3 heteroatoms. The summed E-state index contributed by atoms with van der Waals surface area (Å²) in [5.41, 5.74) is 2.28. The number of halogens is 1. The fourth-order valence-electron chi connectivity index (χ4n) is 2.34. The van der Waals surface area contributed by atoms with Crippen molar-refractivity contribution in [2.75, 3.05) is 5.50 Å². The number of hydrogen-bond donors (Lipinski definition) is 0. The van der Waals surface area contributed by atoms with Gasteiger partial charge in [-0.2, -0.15) is 0 Å². The first-order valence-corrected chi connectivity index (χ1v) is 13.2. The first-order valence-electron chi connectivity index (χ1n) is 6.92. The van der Waals surface area contributed by atoms with Gasteiger partial charge in [0.2, 0.25) is 0 Å². The molecule has 0 heterocycles. The molecular formula is C15H27ClSi2. The summed E-state index contributed by atoms with van der Waals surface area (Å²) in [6.45, 7) is 14.1. The molecule has 0 saturated carbocycles. The van der Waals surface area contributed by atoms with Crippen LogP contribution in [0.15, 0.2) is 18.2 Å². The van der Waals surface area contributed by atoms with Crippen molar-refractivity contribution >= 4 is 38.8 Å². The Morgan fingerprint density at radius 2 is 1.78 bits per heavy atom. The lowest BCUT2D eigenvalue weighted by Gasteiger charge is -2.22. The van der Waals surface area contributed by atoms with Gasteiger partial charge in [-0.05, 0) is 12.8 Å². The van der Waals surface area contributed by atoms with Crippen LogP contribution in [0.25, 0.3) is 0 Å². The van der Waals surface area contributed by atoms with E-state index < -0.39 is 16.9 Å². The molecule has 0 amide bonds. The van der Waals surface area contributed by atoms with Crippen molar-refractivity contribution in [3.8, 4) is 0 Å². The molecule has 1 aromatic rings. The van der Waals surface area contributed by atoms with Gasteiger partial charge in [-0.25, -0.2) is 0 Å². The summed E-state index contributed by atoms with van der Waals surface area (Å²) in [6.07, 6.45) is 0. The van der Waals surface area contributed by atoms with Crippen LogP contribution in [0, 0.1) is 12.8 Å². The van der Waals surface area contributed by atoms with E-state index in [-0.39, 0.29) is 0 Å². The second-order valence-electron chi connectivity index (χ2n) is 6.86. The molecule has 0 bridgehead atoms. The summed E-state index contributed by atoms with van der Waals surface area (Å²) in [5, 5.41) is 3.17. The van der Waals surface area contributed by atoms with Crippen molar-refractivity contribution in [2.45, 2.75) is 46.5 Å². The maximum Gasteiger partial charge on any atom is 0.0870 e. The summed E-state index contributed by atoms with van der Waals surface area (Å²) in [5.74, 6) is 0.760. The van der Waals surface area contributed by atoms with Gasteiger partial charge in [0.05, 0.1) is 16.9 Å². The van der Waals surface area contributed by atoms with Gasteiger partial charge >= 0.3 is 0 Å². The Hall–Kier alpha value is -0.0562. The highest BCUT2D eigenvalue weighted by atomic mass is 35.5. The van der Waals surface area contributed by atoms with Crippen LogP contribution in [-0.2, 0) is 0 Å². The Kier molecular flexibility index (Phi) is 5.69. The van der Waals surface area contributed by atoms with Crippen LogP contribution in [0.1, 0.15) is 19.4 Å². The molecule has 1 aromatic carbocycles. The summed E-state index contributed by atoms with van der Waals surface area (Å²) >= 11 is 6.24. The van der Waals surface area contributed by atoms with Crippen LogP contribution in [0.2, 0.25) is 25.7 Å². The highest BCUT2D eigenvalue weighted by molar-refractivity contribution is 6.89. The fraction of sp³-hybridized carbons (Fsp3) is 0.600. The van der Waals surface area contributed by atoms with Crippen LogP contribution >= 0.6 is 11.6 Å². The zero-order valence-electron chi connectivity index (χ0n) is 12.7. The highest BCUT2D eigenvalue weighted by Crippen LogP contribution is 2.10. The second-order valence-corrected chi connectivity index (χ2v) is 15.7. The summed E-state index contributed by atoms with van der Waals surface area (Å²) in [7, 11) is -2.18. The molecule has 0 aliphatic heterocycles. The van der Waals surface area contributed by atoms with Gasteiger partial charge in [0.15, 0.2) is 0 Å². The van der Waals surface area contributed by atoms with Crippen molar-refractivity contribution in [3.63, 3.8) is 0 Å². The Morgan fingerprint density at radius 3 is 2.22 bits per heavy atom. The minimum absolute atomic E-state index is 0.760. The SMILES string of the molecule is Cc1cc([SiH](CCl)CC(C)C)cc([Si](C)(C)C)c1. The van der Waals surface area contributed by atoms with E-state index in [2.05, 4.69) is 58.6 Å². The van der Waals surface area contributed by atoms with Crippen molar-refractivity contribution in [1.82, 2.24) is 0 Å². The number of aryl methyl sites for hydroxylation is 1. The van der Waals surface area contributed by atoms with Crippen molar-refractivity contribution in [3.05, 3.63) is 23.8 Å². The Labute approximate surface area is 120 Å². The molecule has 0 fully saturated rings. The molecule has 1 atom stereocenters. The van der Waals surface area contributed by atoms with E-state index in [1.807, 2.05) is 0 Å². The van der Waals surface area contributed by atoms with Gasteiger partial charge in [0.25, 0.3) is 0 Å². The highest BCUT2D eigenvalue weighted by Gasteiger charge is 2.20. The minimum Gasteiger partial charge on any atom is -0.130 e. The van der Waals surface area contributed by atoms with Crippen LogP contribution in [0.5, 0.6) is 0 Å². The van der Waals surface area contributed by atoms with Gasteiger partial charge < -0.3 is 0 Å². The van der Waals surface area contributed by atoms with Gasteiger partial charge in [-0.15, -0.1) is 11.6 Å². The average Bonchev–Trinajstić information content (AvgIpc) is 2.23. The van der Waals surface area contributed by atoms with E-state index in [0.29, 0.717) is 0 Å². The summed E-state index contributed by atoms with van der Waals surface area (Å²) in [4.78, 5) is 0. The number of alkyl halides is 1. The van der Waals surface area contributed by atoms with E-state index in [4.69, 9.17) is 11.6 Å². The lowest BCUT2D eigenvalue weighted by Crippen LogP contribution is -2.43. The zero-order chi connectivity index (χ0) is 13.9. The lowest BCUT2D eigenvalue weighted by molar-refractivity contribution is 0.728. The van der Waals surface area contributed by atoms with E-state index in [9.17, 15) is 0 Å². The van der Waals surface area contributed by atoms with E-state index in [0.717, 1.165) is 11.4 Å². The van der Waals surface area contributed by atoms with Crippen molar-refractivity contribution < 1.29 is 0 Å². The first kappa shape index (κ1) is 16.0. The molecule has 1 rings (SSSR count). The molecule has 102 valence electrons. The van der Waals surface area contributed by atoms with Crippen molar-refractivity contribution in [1.29, 1.82) is 0 Å². The molecule has 18 heavy (non-hydrogen) atoms. The fourth-order valence-corrected chi connectivity index (χ4v) is 7.31. The molecule has 0 spiro atoms. The van der Waals surface area contributed by atoms with Gasteiger partial charge in [-0.3, -0.25) is 0 Å². The Morgan fingerprint density at radius 1 is 1.17 bits per heavy atom. The predicted molar refractivity (Wildman–Crippen MR) is 91.3 cm³/mol. The maximum absolute atomic E-state index is 6.24. The third-order valence-electron chi connectivity index (χ3n) is 3.38. The zero-order valence-corrected chi connectivity index (χ0v) is 15.6. The number of benzene rings is 1. The minimum atomic E-state index is -1.22. The maximum atomic E-state index is 6.24. The average molecular weight is 299 g/mol. The monoisotopic (exact) mass is 298 g/mol. The van der Waals surface area contributed by atoms with E-state index >= 15 is 0 Å². The molecule has 0 radical (unpaired) electrons. The largest absolute Gasteiger partial charge is 0.130 e. The quantitative estimate of drug-likeness (QED) is 0.577. The van der Waals surface area contributed by atoms with Gasteiger partial charge in [0.1, 0.15) is 0 Å². The summed E-state index contributed by atoms with van der Waals surface area (Å²) in [6, 6.07) is 8.55. The Bertz CT molecular complexity index is 394. The molecule has 0 N–H and O–H groups in total. The molecule has 0 aliphatic rings. The third kappa shape index (κ3) is 4.56. The van der Waals surface area contributed by atoms with Gasteiger partial charge in [-0.1, -0.05) is 73.7 Å². The first-order chi connectivity index (χ1) is 8.24. The van der Waals surface area contributed by atoms with Crippen LogP contribution < -0.4 is 10.4 Å². The second kappa shape index (κ2) is 6.40. The third-order valence-corrected chi connectivity index (χ3v) is 9.68.